The number of carbonyl (C=O) groups excluding carboxylic acids is 2. The number of nitrogens with one attached hydrogen (secondary N) is 2. The lowest BCUT2D eigenvalue weighted by molar-refractivity contribution is -0.120. The fourth-order valence-electron chi connectivity index (χ4n) is 1.96. The summed E-state index contributed by atoms with van der Waals surface area (Å²) in [4.78, 5) is 23.4. The Kier molecular flexibility index (Phi) is 6.11. The van der Waals surface area contributed by atoms with Crippen LogP contribution in [0.1, 0.15) is 35.9 Å². The number of hydrogen-bond donors (Lipinski definition) is 2. The third-order valence-corrected chi connectivity index (χ3v) is 3.06. The Morgan fingerprint density at radius 3 is 2.57 bits per heavy atom. The van der Waals surface area contributed by atoms with E-state index in [0.29, 0.717) is 0 Å². The van der Waals surface area contributed by atoms with Gasteiger partial charge in [0.2, 0.25) is 0 Å². The molecule has 120 valence electrons. The summed E-state index contributed by atoms with van der Waals surface area (Å²) in [6, 6.07) is 12.8. The van der Waals surface area contributed by atoms with Crippen molar-refractivity contribution in [3.8, 4) is 0 Å². The topological polar surface area (TPSA) is 83.7 Å². The molecule has 6 heteroatoms. The molecule has 0 saturated carbocycles. The van der Waals surface area contributed by atoms with Crippen LogP contribution >= 0.6 is 0 Å². The van der Waals surface area contributed by atoms with E-state index in [1.807, 2.05) is 37.3 Å². The molecular weight excluding hydrogens is 294 g/mol. The highest BCUT2D eigenvalue weighted by atomic mass is 16.3. The number of carbonyl (C=O) groups is 2. The number of furan rings is 1. The van der Waals surface area contributed by atoms with Crippen LogP contribution in [-0.2, 0) is 4.79 Å². The van der Waals surface area contributed by atoms with Gasteiger partial charge in [-0.05, 0) is 24.1 Å². The van der Waals surface area contributed by atoms with E-state index in [9.17, 15) is 9.59 Å². The molecule has 1 aromatic heterocycles. The molecule has 6 nitrogen and oxygen atoms in total. The van der Waals surface area contributed by atoms with Crippen LogP contribution in [0.15, 0.2) is 58.2 Å². The van der Waals surface area contributed by atoms with Crippen LogP contribution in [0.25, 0.3) is 0 Å². The molecule has 2 amide bonds. The minimum Gasteiger partial charge on any atom is -0.459 e. The maximum absolute atomic E-state index is 11.8. The average molecular weight is 313 g/mol. The molecule has 0 aliphatic heterocycles. The lowest BCUT2D eigenvalue weighted by atomic mass is 10.1. The molecule has 2 N–H and O–H groups in total. The molecule has 0 fully saturated rings. The molecule has 0 spiro atoms. The summed E-state index contributed by atoms with van der Waals surface area (Å²) in [6.07, 6.45) is 3.07. The van der Waals surface area contributed by atoms with Gasteiger partial charge >= 0.3 is 0 Å². The summed E-state index contributed by atoms with van der Waals surface area (Å²) < 4.78 is 4.94. The Hall–Kier alpha value is -2.89. The van der Waals surface area contributed by atoms with Gasteiger partial charge in [-0.2, -0.15) is 5.10 Å². The Balaban J connectivity index is 1.89. The SMILES string of the molecule is CCCC(=NNC(=O)CNC(=O)c1ccco1)c1ccccc1. The van der Waals surface area contributed by atoms with E-state index in [-0.39, 0.29) is 12.3 Å². The molecule has 0 aliphatic rings. The summed E-state index contributed by atoms with van der Waals surface area (Å²) in [7, 11) is 0. The van der Waals surface area contributed by atoms with Crippen molar-refractivity contribution in [2.75, 3.05) is 6.54 Å². The third kappa shape index (κ3) is 5.10. The van der Waals surface area contributed by atoms with Crippen molar-refractivity contribution in [3.05, 3.63) is 60.1 Å². The van der Waals surface area contributed by atoms with E-state index in [1.54, 1.807) is 6.07 Å². The molecule has 0 saturated heterocycles. The summed E-state index contributed by atoms with van der Waals surface area (Å²) in [5.41, 5.74) is 4.24. The Morgan fingerprint density at radius 2 is 1.91 bits per heavy atom. The van der Waals surface area contributed by atoms with Gasteiger partial charge in [0.1, 0.15) is 0 Å². The predicted molar refractivity (Wildman–Crippen MR) is 87.1 cm³/mol. The monoisotopic (exact) mass is 313 g/mol. The highest BCUT2D eigenvalue weighted by Crippen LogP contribution is 2.06. The zero-order valence-electron chi connectivity index (χ0n) is 12.9. The first-order valence-corrected chi connectivity index (χ1v) is 7.43. The van der Waals surface area contributed by atoms with Crippen molar-refractivity contribution in [3.63, 3.8) is 0 Å². The van der Waals surface area contributed by atoms with Gasteiger partial charge < -0.3 is 9.73 Å². The van der Waals surface area contributed by atoms with E-state index in [2.05, 4.69) is 15.8 Å². The number of hydrogen-bond acceptors (Lipinski definition) is 4. The van der Waals surface area contributed by atoms with Crippen LogP contribution in [0.5, 0.6) is 0 Å². The first-order chi connectivity index (χ1) is 11.2. The van der Waals surface area contributed by atoms with Gasteiger partial charge in [-0.3, -0.25) is 9.59 Å². The van der Waals surface area contributed by atoms with Crippen LogP contribution < -0.4 is 10.7 Å². The quantitative estimate of drug-likeness (QED) is 0.608. The lowest BCUT2D eigenvalue weighted by Gasteiger charge is -2.07. The minimum absolute atomic E-state index is 0.164. The number of amides is 2. The number of benzene rings is 1. The lowest BCUT2D eigenvalue weighted by Crippen LogP contribution is -2.35. The number of nitrogens with zero attached hydrogens (tertiary/aromatic N) is 1. The maximum Gasteiger partial charge on any atom is 0.287 e. The van der Waals surface area contributed by atoms with Crippen molar-refractivity contribution in [2.24, 2.45) is 5.10 Å². The molecule has 0 aliphatic carbocycles. The summed E-state index contributed by atoms with van der Waals surface area (Å²) in [6.45, 7) is 1.88. The highest BCUT2D eigenvalue weighted by molar-refractivity contribution is 6.01. The molecule has 2 aromatic rings. The third-order valence-electron chi connectivity index (χ3n) is 3.06. The van der Waals surface area contributed by atoms with E-state index >= 15 is 0 Å². The largest absolute Gasteiger partial charge is 0.459 e. The van der Waals surface area contributed by atoms with Crippen LogP contribution in [0.4, 0.5) is 0 Å². The second kappa shape index (κ2) is 8.53. The Labute approximate surface area is 134 Å². The molecule has 0 unspecified atom stereocenters. The summed E-state index contributed by atoms with van der Waals surface area (Å²) in [5.74, 6) is -0.669. The molecule has 0 bridgehead atoms. The predicted octanol–water partition coefficient (Wildman–Crippen LogP) is 2.33. The molecular formula is C17H19N3O3. The minimum atomic E-state index is -0.439. The first kappa shape index (κ1) is 16.5. The van der Waals surface area contributed by atoms with Crippen molar-refractivity contribution in [1.82, 2.24) is 10.7 Å². The number of rotatable bonds is 7. The van der Waals surface area contributed by atoms with Crippen LogP contribution in [-0.4, -0.2) is 24.1 Å². The maximum atomic E-state index is 11.8. The van der Waals surface area contributed by atoms with Crippen LogP contribution in [0.2, 0.25) is 0 Å². The summed E-state index contributed by atoms with van der Waals surface area (Å²) >= 11 is 0. The highest BCUT2D eigenvalue weighted by Gasteiger charge is 2.10. The van der Waals surface area contributed by atoms with Crippen molar-refractivity contribution in [1.29, 1.82) is 0 Å². The van der Waals surface area contributed by atoms with Crippen molar-refractivity contribution in [2.45, 2.75) is 19.8 Å². The smallest absolute Gasteiger partial charge is 0.287 e. The molecule has 0 radical (unpaired) electrons. The van der Waals surface area contributed by atoms with Gasteiger partial charge in [-0.1, -0.05) is 43.7 Å². The van der Waals surface area contributed by atoms with E-state index < -0.39 is 11.8 Å². The molecule has 1 aromatic carbocycles. The first-order valence-electron chi connectivity index (χ1n) is 7.43. The van der Waals surface area contributed by atoms with Gasteiger partial charge in [0.25, 0.3) is 11.8 Å². The van der Waals surface area contributed by atoms with Crippen LogP contribution in [0, 0.1) is 0 Å². The van der Waals surface area contributed by atoms with E-state index in [0.717, 1.165) is 24.1 Å². The van der Waals surface area contributed by atoms with Crippen molar-refractivity contribution >= 4 is 17.5 Å². The van der Waals surface area contributed by atoms with Gasteiger partial charge in [-0.25, -0.2) is 5.43 Å². The van der Waals surface area contributed by atoms with Gasteiger partial charge in [-0.15, -0.1) is 0 Å². The van der Waals surface area contributed by atoms with E-state index in [4.69, 9.17) is 4.42 Å². The number of hydrazone groups is 1. The molecule has 0 atom stereocenters. The van der Waals surface area contributed by atoms with Crippen LogP contribution in [0.3, 0.4) is 0 Å². The van der Waals surface area contributed by atoms with Gasteiger partial charge in [0.15, 0.2) is 5.76 Å². The average Bonchev–Trinajstić information content (AvgIpc) is 3.12. The fraction of sp³-hybridized carbons (Fsp3) is 0.235. The fourth-order valence-corrected chi connectivity index (χ4v) is 1.96. The second-order valence-corrected chi connectivity index (χ2v) is 4.87. The standard InChI is InChI=1S/C17H19N3O3/c1-2-7-14(13-8-4-3-5-9-13)19-20-16(21)12-18-17(22)15-10-6-11-23-15/h3-6,8-11H,2,7,12H2,1H3,(H,18,22)(H,20,21). The van der Waals surface area contributed by atoms with Gasteiger partial charge in [0.05, 0.1) is 18.5 Å². The Morgan fingerprint density at radius 1 is 1.13 bits per heavy atom. The van der Waals surface area contributed by atoms with Crippen molar-refractivity contribution < 1.29 is 14.0 Å². The van der Waals surface area contributed by atoms with E-state index in [1.165, 1.54) is 12.3 Å². The zero-order chi connectivity index (χ0) is 16.5. The second-order valence-electron chi connectivity index (χ2n) is 4.87. The zero-order valence-corrected chi connectivity index (χ0v) is 12.9. The molecule has 23 heavy (non-hydrogen) atoms. The Bertz CT molecular complexity index is 664. The van der Waals surface area contributed by atoms with Gasteiger partial charge in [0, 0.05) is 0 Å². The molecule has 2 rings (SSSR count). The normalized spacial score (nSPS) is 11.1. The molecule has 1 heterocycles. The summed E-state index contributed by atoms with van der Waals surface area (Å²) in [5, 5.41) is 6.63.